The summed E-state index contributed by atoms with van der Waals surface area (Å²) in [5, 5.41) is 8.68. The van der Waals surface area contributed by atoms with Gasteiger partial charge in [-0.2, -0.15) is 0 Å². The van der Waals surface area contributed by atoms with E-state index in [-0.39, 0.29) is 23.3 Å². The lowest BCUT2D eigenvalue weighted by molar-refractivity contribution is -0.136. The first kappa shape index (κ1) is 12.4. The van der Waals surface area contributed by atoms with E-state index in [0.29, 0.717) is 0 Å². The van der Waals surface area contributed by atoms with Gasteiger partial charge in [0.2, 0.25) is 0 Å². The number of hydrogen-bond acceptors (Lipinski definition) is 3. The predicted octanol–water partition coefficient (Wildman–Crippen LogP) is 1.96. The summed E-state index contributed by atoms with van der Waals surface area (Å²) in [5.74, 6) is -0.892. The predicted molar refractivity (Wildman–Crippen MR) is 51.8 cm³/mol. The molecule has 0 saturated carbocycles. The van der Waals surface area contributed by atoms with Crippen LogP contribution >= 0.6 is 0 Å². The van der Waals surface area contributed by atoms with Crippen molar-refractivity contribution in [2.45, 2.75) is 19.8 Å². The lowest BCUT2D eigenvalue weighted by Crippen LogP contribution is -2.08. The molecule has 0 atom stereocenters. The van der Waals surface area contributed by atoms with E-state index < -0.39 is 18.1 Å². The molecule has 16 heavy (non-hydrogen) atoms. The van der Waals surface area contributed by atoms with Gasteiger partial charge in [0.15, 0.2) is 0 Å². The molecule has 88 valence electrons. The molecule has 1 aromatic heterocycles. The summed E-state index contributed by atoms with van der Waals surface area (Å²) in [7, 11) is 1.34. The Bertz CT molecular complexity index is 407. The molecule has 4 nitrogen and oxygen atoms in total. The Kier molecular flexibility index (Phi) is 3.76. The summed E-state index contributed by atoms with van der Waals surface area (Å²) >= 11 is 0. The van der Waals surface area contributed by atoms with Crippen LogP contribution in [0.3, 0.4) is 0 Å². The number of ether oxygens (including phenoxy) is 1. The molecule has 1 rings (SSSR count). The first-order valence-corrected chi connectivity index (χ1v) is 4.49. The van der Waals surface area contributed by atoms with Crippen LogP contribution in [0.5, 0.6) is 5.75 Å². The molecule has 0 fully saturated rings. The lowest BCUT2D eigenvalue weighted by atomic mass is 10.0. The van der Waals surface area contributed by atoms with Crippen molar-refractivity contribution in [1.29, 1.82) is 0 Å². The third-order valence-corrected chi connectivity index (χ3v) is 2.21. The zero-order valence-electron chi connectivity index (χ0n) is 8.83. The van der Waals surface area contributed by atoms with E-state index in [2.05, 4.69) is 4.98 Å². The van der Waals surface area contributed by atoms with Crippen molar-refractivity contribution in [2.75, 3.05) is 7.11 Å². The molecule has 0 aliphatic carbocycles. The van der Waals surface area contributed by atoms with Crippen LogP contribution in [0.2, 0.25) is 0 Å². The molecule has 0 amide bonds. The molecule has 0 saturated heterocycles. The van der Waals surface area contributed by atoms with E-state index in [1.54, 1.807) is 0 Å². The summed E-state index contributed by atoms with van der Waals surface area (Å²) < 4.78 is 30.0. The van der Waals surface area contributed by atoms with Crippen molar-refractivity contribution < 1.29 is 23.4 Å². The first-order chi connectivity index (χ1) is 7.47. The number of pyridine rings is 1. The van der Waals surface area contributed by atoms with Gasteiger partial charge in [-0.25, -0.2) is 8.78 Å². The number of hydrogen-bond donors (Lipinski definition) is 1. The molecule has 0 aliphatic rings. The first-order valence-electron chi connectivity index (χ1n) is 4.49. The minimum absolute atomic E-state index is 0.164. The van der Waals surface area contributed by atoms with Gasteiger partial charge in [-0.1, -0.05) is 0 Å². The third-order valence-electron chi connectivity index (χ3n) is 2.21. The Morgan fingerprint density at radius 3 is 2.69 bits per heavy atom. The minimum atomic E-state index is -2.72. The second-order valence-electron chi connectivity index (χ2n) is 3.19. The van der Waals surface area contributed by atoms with Crippen LogP contribution in [0.15, 0.2) is 6.20 Å². The maximum atomic E-state index is 12.5. The molecule has 0 aromatic carbocycles. The monoisotopic (exact) mass is 231 g/mol. The van der Waals surface area contributed by atoms with Crippen LogP contribution in [0.4, 0.5) is 8.78 Å². The molecular weight excluding hydrogens is 220 g/mol. The highest BCUT2D eigenvalue weighted by Gasteiger charge is 2.19. The summed E-state index contributed by atoms with van der Waals surface area (Å²) in [6.07, 6.45) is -1.97. The highest BCUT2D eigenvalue weighted by atomic mass is 19.3. The Morgan fingerprint density at radius 2 is 2.25 bits per heavy atom. The minimum Gasteiger partial charge on any atom is -0.495 e. The van der Waals surface area contributed by atoms with Crippen molar-refractivity contribution in [3.05, 3.63) is 23.0 Å². The molecular formula is C10H11F2NO3. The average Bonchev–Trinajstić information content (AvgIpc) is 2.19. The van der Waals surface area contributed by atoms with E-state index in [9.17, 15) is 13.6 Å². The largest absolute Gasteiger partial charge is 0.495 e. The van der Waals surface area contributed by atoms with Crippen LogP contribution in [0.1, 0.15) is 23.2 Å². The third kappa shape index (κ3) is 2.44. The number of rotatable bonds is 4. The molecule has 0 bridgehead atoms. The van der Waals surface area contributed by atoms with Crippen LogP contribution in [0, 0.1) is 6.92 Å². The Balaban J connectivity index is 3.28. The SMILES string of the molecule is COc1cnc(C(F)F)c(C)c1CC(=O)O. The highest BCUT2D eigenvalue weighted by Crippen LogP contribution is 2.28. The normalized spacial score (nSPS) is 10.6. The second-order valence-corrected chi connectivity index (χ2v) is 3.19. The topological polar surface area (TPSA) is 59.4 Å². The van der Waals surface area contributed by atoms with E-state index >= 15 is 0 Å². The van der Waals surface area contributed by atoms with Crippen LogP contribution in [-0.4, -0.2) is 23.2 Å². The van der Waals surface area contributed by atoms with Gasteiger partial charge in [0.05, 0.1) is 19.7 Å². The molecule has 0 unspecified atom stereocenters. The zero-order valence-corrected chi connectivity index (χ0v) is 8.83. The standard InChI is InChI=1S/C10H11F2NO3/c1-5-6(3-8(14)15)7(16-2)4-13-9(5)10(11)12/h4,10H,3H2,1-2H3,(H,14,15). The zero-order chi connectivity index (χ0) is 12.3. The fraction of sp³-hybridized carbons (Fsp3) is 0.400. The number of aliphatic carboxylic acids is 1. The van der Waals surface area contributed by atoms with Gasteiger partial charge >= 0.3 is 5.97 Å². The van der Waals surface area contributed by atoms with E-state index in [0.717, 1.165) is 6.20 Å². The molecule has 6 heteroatoms. The molecule has 0 radical (unpaired) electrons. The molecule has 1 aromatic rings. The second kappa shape index (κ2) is 4.87. The van der Waals surface area contributed by atoms with Crippen LogP contribution < -0.4 is 4.74 Å². The molecule has 0 aliphatic heterocycles. The van der Waals surface area contributed by atoms with Crippen molar-refractivity contribution in [2.24, 2.45) is 0 Å². The van der Waals surface area contributed by atoms with E-state index in [1.807, 2.05) is 0 Å². The van der Waals surface area contributed by atoms with Gasteiger partial charge in [-0.05, 0) is 12.5 Å². The Morgan fingerprint density at radius 1 is 1.62 bits per heavy atom. The number of carboxylic acids is 1. The van der Waals surface area contributed by atoms with E-state index in [4.69, 9.17) is 9.84 Å². The van der Waals surface area contributed by atoms with Crippen LogP contribution in [0.25, 0.3) is 0 Å². The van der Waals surface area contributed by atoms with E-state index in [1.165, 1.54) is 14.0 Å². The number of alkyl halides is 2. The van der Waals surface area contributed by atoms with Gasteiger partial charge in [0.25, 0.3) is 6.43 Å². The fourth-order valence-corrected chi connectivity index (χ4v) is 1.41. The van der Waals surface area contributed by atoms with Gasteiger partial charge in [0, 0.05) is 5.56 Å². The van der Waals surface area contributed by atoms with Gasteiger partial charge in [0.1, 0.15) is 11.4 Å². The summed E-state index contributed by atoms with van der Waals surface area (Å²) in [4.78, 5) is 14.2. The number of nitrogens with zero attached hydrogens (tertiary/aromatic N) is 1. The number of aromatic nitrogens is 1. The summed E-state index contributed by atoms with van der Waals surface area (Å²) in [6.45, 7) is 1.41. The lowest BCUT2D eigenvalue weighted by Gasteiger charge is -2.12. The maximum absolute atomic E-state index is 12.5. The molecule has 1 heterocycles. The summed E-state index contributed by atoms with van der Waals surface area (Å²) in [6, 6.07) is 0. The Hall–Kier alpha value is -1.72. The fourth-order valence-electron chi connectivity index (χ4n) is 1.41. The van der Waals surface area contributed by atoms with Crippen molar-refractivity contribution in [3.63, 3.8) is 0 Å². The van der Waals surface area contributed by atoms with Crippen molar-refractivity contribution in [1.82, 2.24) is 4.98 Å². The Labute approximate surface area is 90.9 Å². The quantitative estimate of drug-likeness (QED) is 0.860. The van der Waals surface area contributed by atoms with Crippen LogP contribution in [-0.2, 0) is 11.2 Å². The maximum Gasteiger partial charge on any atom is 0.307 e. The van der Waals surface area contributed by atoms with Crippen molar-refractivity contribution in [3.8, 4) is 5.75 Å². The number of halogens is 2. The average molecular weight is 231 g/mol. The summed E-state index contributed by atoms with van der Waals surface area (Å²) in [5.41, 5.74) is -0.00546. The number of carbonyl (C=O) groups is 1. The highest BCUT2D eigenvalue weighted by molar-refractivity contribution is 5.72. The molecule has 1 N–H and O–H groups in total. The molecule has 0 spiro atoms. The smallest absolute Gasteiger partial charge is 0.307 e. The van der Waals surface area contributed by atoms with Gasteiger partial charge < -0.3 is 9.84 Å². The number of carboxylic acid groups (broad SMARTS) is 1. The van der Waals surface area contributed by atoms with Gasteiger partial charge in [-0.3, -0.25) is 9.78 Å². The van der Waals surface area contributed by atoms with Crippen molar-refractivity contribution >= 4 is 5.97 Å². The number of methoxy groups -OCH3 is 1. The van der Waals surface area contributed by atoms with Gasteiger partial charge in [-0.15, -0.1) is 0 Å².